The summed E-state index contributed by atoms with van der Waals surface area (Å²) in [5, 5.41) is 11.6. The molecular weight excluding hydrogens is 356 g/mol. The molecule has 7 heteroatoms. The highest BCUT2D eigenvalue weighted by Crippen LogP contribution is 2.15. The molecule has 0 amide bonds. The number of guanidine groups is 1. The quantitative estimate of drug-likeness (QED) is 0.406. The maximum Gasteiger partial charge on any atom is 0.194 e. The average molecular weight is 389 g/mol. The van der Waals surface area contributed by atoms with Crippen LogP contribution in [-0.4, -0.2) is 52.0 Å². The number of nitrogens with zero attached hydrogens (tertiary/aromatic N) is 5. The van der Waals surface area contributed by atoms with Crippen LogP contribution in [-0.2, 0) is 19.5 Å². The van der Waals surface area contributed by atoms with Gasteiger partial charge in [-0.1, -0.05) is 32.9 Å². The lowest BCUT2D eigenvalue weighted by Crippen LogP contribution is -2.40. The Balaban J connectivity index is 1.98. The van der Waals surface area contributed by atoms with Gasteiger partial charge in [0, 0.05) is 44.5 Å². The van der Waals surface area contributed by atoms with Gasteiger partial charge < -0.3 is 14.8 Å². The molecule has 0 fully saturated rings. The van der Waals surface area contributed by atoms with Crippen molar-refractivity contribution in [3.05, 3.63) is 42.0 Å². The summed E-state index contributed by atoms with van der Waals surface area (Å²) < 4.78 is 2.09. The number of aliphatic imine (C=N–C) groups is 1. The molecule has 0 spiro atoms. The van der Waals surface area contributed by atoms with Crippen LogP contribution >= 0.6 is 11.8 Å². The average Bonchev–Trinajstić information content (AvgIpc) is 3.12. The van der Waals surface area contributed by atoms with Gasteiger partial charge in [-0.15, -0.1) is 22.0 Å². The minimum absolute atomic E-state index is 0.528. The molecule has 0 aliphatic rings. The molecule has 1 aromatic carbocycles. The zero-order valence-corrected chi connectivity index (χ0v) is 18.0. The van der Waals surface area contributed by atoms with E-state index in [4.69, 9.17) is 4.99 Å². The topological polar surface area (TPSA) is 58.3 Å². The molecular formula is C20H32N6S. The Morgan fingerprint density at radius 3 is 2.67 bits per heavy atom. The van der Waals surface area contributed by atoms with Crippen LogP contribution in [0.1, 0.15) is 32.2 Å². The minimum Gasteiger partial charge on any atom is -0.354 e. The number of hydrogen-bond donors (Lipinski definition) is 1. The zero-order valence-electron chi connectivity index (χ0n) is 17.1. The van der Waals surface area contributed by atoms with Gasteiger partial charge in [-0.3, -0.25) is 4.99 Å². The van der Waals surface area contributed by atoms with E-state index in [9.17, 15) is 0 Å². The second kappa shape index (κ2) is 11.0. The first-order chi connectivity index (χ1) is 13.0. The molecule has 6 nitrogen and oxygen atoms in total. The van der Waals surface area contributed by atoms with Crippen molar-refractivity contribution < 1.29 is 0 Å². The molecule has 2 aromatic rings. The molecule has 0 saturated heterocycles. The van der Waals surface area contributed by atoms with Gasteiger partial charge in [0.1, 0.15) is 12.2 Å². The van der Waals surface area contributed by atoms with Crippen LogP contribution in [0.15, 0.2) is 40.5 Å². The molecule has 0 radical (unpaired) electrons. The number of nitrogens with one attached hydrogen (secondary N) is 1. The summed E-state index contributed by atoms with van der Waals surface area (Å²) in [7, 11) is 2.09. The second-order valence-electron chi connectivity index (χ2n) is 6.98. The number of hydrogen-bond acceptors (Lipinski definition) is 4. The molecule has 0 aliphatic carbocycles. The normalized spacial score (nSPS) is 11.9. The molecule has 0 atom stereocenters. The first-order valence-corrected chi connectivity index (χ1v) is 10.7. The smallest absolute Gasteiger partial charge is 0.194 e. The van der Waals surface area contributed by atoms with Crippen molar-refractivity contribution in [2.45, 2.75) is 45.2 Å². The fourth-order valence-corrected chi connectivity index (χ4v) is 3.10. The molecule has 148 valence electrons. The third-order valence-electron chi connectivity index (χ3n) is 4.19. The fraction of sp³-hybridized carbons (Fsp3) is 0.550. The molecule has 0 saturated carbocycles. The van der Waals surface area contributed by atoms with E-state index in [1.165, 1.54) is 10.5 Å². The van der Waals surface area contributed by atoms with E-state index in [1.54, 1.807) is 18.1 Å². The van der Waals surface area contributed by atoms with E-state index >= 15 is 0 Å². The highest BCUT2D eigenvalue weighted by molar-refractivity contribution is 7.98. The number of thioether (sulfide) groups is 1. The van der Waals surface area contributed by atoms with Crippen LogP contribution in [0.5, 0.6) is 0 Å². The van der Waals surface area contributed by atoms with Crippen molar-refractivity contribution in [2.75, 3.05) is 26.4 Å². The number of rotatable bonds is 9. The third-order valence-corrected chi connectivity index (χ3v) is 4.94. The van der Waals surface area contributed by atoms with Crippen molar-refractivity contribution in [2.24, 2.45) is 10.9 Å². The standard InChI is InChI=1S/C20H32N6S/c1-6-19-24-23-15-26(19)12-11-21-20(22-13-16(2)3)25(4)14-17-7-9-18(27-5)10-8-17/h7-10,15-16H,6,11-14H2,1-5H3,(H,21,22). The van der Waals surface area contributed by atoms with Gasteiger partial charge in [0.25, 0.3) is 0 Å². The van der Waals surface area contributed by atoms with Gasteiger partial charge in [0.2, 0.25) is 0 Å². The lowest BCUT2D eigenvalue weighted by Gasteiger charge is -2.23. The van der Waals surface area contributed by atoms with E-state index in [0.29, 0.717) is 5.92 Å². The summed E-state index contributed by atoms with van der Waals surface area (Å²) in [4.78, 5) is 8.27. The summed E-state index contributed by atoms with van der Waals surface area (Å²) in [6.07, 6.45) is 4.78. The number of benzene rings is 1. The molecule has 27 heavy (non-hydrogen) atoms. The number of aryl methyl sites for hydroxylation is 1. The Labute approximate surface area is 167 Å². The Kier molecular flexibility index (Phi) is 8.64. The molecule has 1 aromatic heterocycles. The van der Waals surface area contributed by atoms with Crippen molar-refractivity contribution in [1.82, 2.24) is 25.0 Å². The van der Waals surface area contributed by atoms with Gasteiger partial charge in [0.05, 0.1) is 0 Å². The highest BCUT2D eigenvalue weighted by Gasteiger charge is 2.09. The predicted octanol–water partition coefficient (Wildman–Crippen LogP) is 3.30. The van der Waals surface area contributed by atoms with Gasteiger partial charge in [-0.05, 0) is 29.9 Å². The summed E-state index contributed by atoms with van der Waals surface area (Å²) in [5.74, 6) is 2.48. The summed E-state index contributed by atoms with van der Waals surface area (Å²) in [6, 6.07) is 8.72. The van der Waals surface area contributed by atoms with Gasteiger partial charge in [0.15, 0.2) is 5.96 Å². The van der Waals surface area contributed by atoms with Gasteiger partial charge in [-0.25, -0.2) is 0 Å². The molecule has 0 bridgehead atoms. The van der Waals surface area contributed by atoms with E-state index in [1.807, 2.05) is 0 Å². The molecule has 2 rings (SSSR count). The maximum absolute atomic E-state index is 4.80. The third kappa shape index (κ3) is 6.90. The lowest BCUT2D eigenvalue weighted by atomic mass is 10.2. The molecule has 0 unspecified atom stereocenters. The highest BCUT2D eigenvalue weighted by atomic mass is 32.2. The minimum atomic E-state index is 0.528. The number of aromatic nitrogens is 3. The predicted molar refractivity (Wildman–Crippen MR) is 114 cm³/mol. The molecule has 1 heterocycles. The van der Waals surface area contributed by atoms with Crippen molar-refractivity contribution >= 4 is 17.7 Å². The van der Waals surface area contributed by atoms with Gasteiger partial charge in [-0.2, -0.15) is 0 Å². The summed E-state index contributed by atoms with van der Waals surface area (Å²) in [6.45, 7) is 9.72. The largest absolute Gasteiger partial charge is 0.354 e. The Morgan fingerprint density at radius 1 is 1.30 bits per heavy atom. The Bertz CT molecular complexity index is 708. The second-order valence-corrected chi connectivity index (χ2v) is 7.86. The van der Waals surface area contributed by atoms with E-state index in [2.05, 4.69) is 83.3 Å². The maximum atomic E-state index is 4.80. The van der Waals surface area contributed by atoms with E-state index in [0.717, 1.165) is 44.4 Å². The molecule has 0 aliphatic heterocycles. The van der Waals surface area contributed by atoms with Crippen LogP contribution in [0.25, 0.3) is 0 Å². The first-order valence-electron chi connectivity index (χ1n) is 9.52. The SMILES string of the molecule is CCc1nncn1CCNC(=NCC(C)C)N(C)Cc1ccc(SC)cc1. The van der Waals surface area contributed by atoms with Crippen molar-refractivity contribution in [3.8, 4) is 0 Å². The van der Waals surface area contributed by atoms with Crippen molar-refractivity contribution in [3.63, 3.8) is 0 Å². The van der Waals surface area contributed by atoms with Crippen molar-refractivity contribution in [1.29, 1.82) is 0 Å². The molecule has 1 N–H and O–H groups in total. The van der Waals surface area contributed by atoms with Crippen LogP contribution in [0.3, 0.4) is 0 Å². The summed E-state index contributed by atoms with van der Waals surface area (Å²) in [5.41, 5.74) is 1.28. The lowest BCUT2D eigenvalue weighted by molar-refractivity contribution is 0.467. The Hall–Kier alpha value is -2.02. The fourth-order valence-electron chi connectivity index (χ4n) is 2.69. The van der Waals surface area contributed by atoms with Crippen LogP contribution in [0, 0.1) is 5.92 Å². The van der Waals surface area contributed by atoms with Crippen LogP contribution < -0.4 is 5.32 Å². The van der Waals surface area contributed by atoms with E-state index < -0.39 is 0 Å². The van der Waals surface area contributed by atoms with Crippen LogP contribution in [0.4, 0.5) is 0 Å². The Morgan fingerprint density at radius 2 is 2.04 bits per heavy atom. The van der Waals surface area contributed by atoms with E-state index in [-0.39, 0.29) is 0 Å². The van der Waals surface area contributed by atoms with Crippen LogP contribution in [0.2, 0.25) is 0 Å². The monoisotopic (exact) mass is 388 g/mol. The summed E-state index contributed by atoms with van der Waals surface area (Å²) >= 11 is 1.76. The van der Waals surface area contributed by atoms with Gasteiger partial charge >= 0.3 is 0 Å². The first kappa shape index (κ1) is 21.3. The zero-order chi connectivity index (χ0) is 19.6.